The zero-order valence-electron chi connectivity index (χ0n) is 5.66. The minimum atomic E-state index is -4.37. The van der Waals surface area contributed by atoms with Crippen LogP contribution >= 0.6 is 0 Å². The molecule has 2 N–H and O–H groups in total. The van der Waals surface area contributed by atoms with Gasteiger partial charge in [0.2, 0.25) is 5.91 Å². The molecule has 0 saturated heterocycles. The molecule has 0 saturated carbocycles. The standard InChI is InChI=1S/C4H9NO4S/c1-3(2)4(6)5-10(7,8)9/h3H,1-2H3,(H,5,6)(H,7,8,9). The van der Waals surface area contributed by atoms with Gasteiger partial charge in [0, 0.05) is 5.92 Å². The monoisotopic (exact) mass is 167 g/mol. The van der Waals surface area contributed by atoms with Crippen molar-refractivity contribution in [3.05, 3.63) is 0 Å². The van der Waals surface area contributed by atoms with Crippen molar-refractivity contribution in [1.29, 1.82) is 0 Å². The normalized spacial score (nSPS) is 11.6. The highest BCUT2D eigenvalue weighted by Crippen LogP contribution is 1.90. The predicted molar refractivity (Wildman–Crippen MR) is 34.5 cm³/mol. The summed E-state index contributed by atoms with van der Waals surface area (Å²) in [5, 5.41) is 0. The summed E-state index contributed by atoms with van der Waals surface area (Å²) in [5.41, 5.74) is 0. The first kappa shape index (κ1) is 9.38. The van der Waals surface area contributed by atoms with Crippen LogP contribution in [0.15, 0.2) is 0 Å². The average molecular weight is 167 g/mol. The minimum absolute atomic E-state index is 0.457. The Morgan fingerprint density at radius 1 is 1.50 bits per heavy atom. The molecule has 0 rings (SSSR count). The van der Waals surface area contributed by atoms with E-state index in [1.54, 1.807) is 0 Å². The van der Waals surface area contributed by atoms with Gasteiger partial charge in [0.1, 0.15) is 0 Å². The molecule has 0 spiro atoms. The fourth-order valence-electron chi connectivity index (χ4n) is 0.245. The lowest BCUT2D eigenvalue weighted by Gasteiger charge is -2.02. The number of amides is 1. The van der Waals surface area contributed by atoms with Gasteiger partial charge in [-0.05, 0) is 0 Å². The lowest BCUT2D eigenvalue weighted by molar-refractivity contribution is -0.122. The quantitative estimate of drug-likeness (QED) is 0.546. The van der Waals surface area contributed by atoms with Crippen molar-refractivity contribution in [2.24, 2.45) is 5.92 Å². The zero-order chi connectivity index (χ0) is 8.36. The third-order valence-corrected chi connectivity index (χ3v) is 1.21. The number of nitrogens with one attached hydrogen (secondary N) is 1. The van der Waals surface area contributed by atoms with Crippen molar-refractivity contribution in [2.45, 2.75) is 13.8 Å². The lowest BCUT2D eigenvalue weighted by atomic mass is 10.2. The molecule has 0 aromatic rings. The number of hydrogen-bond donors (Lipinski definition) is 2. The maximum atomic E-state index is 10.5. The van der Waals surface area contributed by atoms with Crippen LogP contribution in [0.3, 0.4) is 0 Å². The molecule has 10 heavy (non-hydrogen) atoms. The smallest absolute Gasteiger partial charge is 0.274 e. The van der Waals surface area contributed by atoms with Gasteiger partial charge in [-0.15, -0.1) is 0 Å². The van der Waals surface area contributed by atoms with Gasteiger partial charge in [-0.25, -0.2) is 4.72 Å². The molecule has 0 aliphatic rings. The van der Waals surface area contributed by atoms with Crippen LogP contribution in [-0.4, -0.2) is 18.9 Å². The predicted octanol–water partition coefficient (Wildman–Crippen LogP) is -0.439. The summed E-state index contributed by atoms with van der Waals surface area (Å²) < 4.78 is 29.4. The molecule has 60 valence electrons. The van der Waals surface area contributed by atoms with Crippen molar-refractivity contribution in [2.75, 3.05) is 0 Å². The number of hydrogen-bond acceptors (Lipinski definition) is 3. The summed E-state index contributed by atoms with van der Waals surface area (Å²) in [6, 6.07) is 0. The maximum absolute atomic E-state index is 10.5. The second-order valence-corrected chi connectivity index (χ2v) is 3.25. The third-order valence-electron chi connectivity index (χ3n) is 0.754. The SMILES string of the molecule is CC(C)C(=O)NS(=O)(=O)O. The molecule has 0 aliphatic carbocycles. The van der Waals surface area contributed by atoms with Crippen LogP contribution in [0.2, 0.25) is 0 Å². The van der Waals surface area contributed by atoms with E-state index in [4.69, 9.17) is 4.55 Å². The Labute approximate surface area is 59.3 Å². The first-order valence-electron chi connectivity index (χ1n) is 2.62. The molecule has 0 bridgehead atoms. The van der Waals surface area contributed by atoms with Crippen LogP contribution in [0.4, 0.5) is 0 Å². The van der Waals surface area contributed by atoms with Crippen LogP contribution < -0.4 is 4.72 Å². The van der Waals surface area contributed by atoms with E-state index >= 15 is 0 Å². The Bertz CT molecular complexity index is 217. The van der Waals surface area contributed by atoms with Gasteiger partial charge in [0.15, 0.2) is 0 Å². The van der Waals surface area contributed by atoms with Crippen LogP contribution in [0.5, 0.6) is 0 Å². The Morgan fingerprint density at radius 2 is 1.90 bits per heavy atom. The molecule has 0 atom stereocenters. The summed E-state index contributed by atoms with van der Waals surface area (Å²) in [4.78, 5) is 10.5. The van der Waals surface area contributed by atoms with Crippen molar-refractivity contribution >= 4 is 16.2 Å². The van der Waals surface area contributed by atoms with Crippen molar-refractivity contribution in [1.82, 2.24) is 4.72 Å². The second kappa shape index (κ2) is 2.98. The number of rotatable bonds is 2. The fraction of sp³-hybridized carbons (Fsp3) is 0.750. The molecular weight excluding hydrogens is 158 g/mol. The molecule has 0 unspecified atom stereocenters. The first-order valence-corrected chi connectivity index (χ1v) is 4.06. The minimum Gasteiger partial charge on any atom is -0.274 e. The van der Waals surface area contributed by atoms with Gasteiger partial charge in [-0.1, -0.05) is 13.8 Å². The Hall–Kier alpha value is -0.620. The molecule has 0 aliphatic heterocycles. The molecule has 0 fully saturated rings. The van der Waals surface area contributed by atoms with Gasteiger partial charge >= 0.3 is 10.3 Å². The lowest BCUT2D eigenvalue weighted by Crippen LogP contribution is -2.32. The van der Waals surface area contributed by atoms with Gasteiger partial charge in [-0.2, -0.15) is 8.42 Å². The van der Waals surface area contributed by atoms with E-state index < -0.39 is 22.1 Å². The van der Waals surface area contributed by atoms with Crippen LogP contribution in [0, 0.1) is 5.92 Å². The van der Waals surface area contributed by atoms with Gasteiger partial charge in [0.05, 0.1) is 0 Å². The Balaban J connectivity index is 4.07. The molecule has 0 radical (unpaired) electrons. The summed E-state index contributed by atoms with van der Waals surface area (Å²) in [6.07, 6.45) is 0. The highest BCUT2D eigenvalue weighted by atomic mass is 32.2. The van der Waals surface area contributed by atoms with Crippen molar-refractivity contribution in [3.8, 4) is 0 Å². The third kappa shape index (κ3) is 4.28. The molecular formula is C4H9NO4S. The summed E-state index contributed by atoms with van der Waals surface area (Å²) in [5.74, 6) is -1.18. The molecule has 0 aromatic heterocycles. The van der Waals surface area contributed by atoms with Crippen LogP contribution in [-0.2, 0) is 15.1 Å². The summed E-state index contributed by atoms with van der Waals surface area (Å²) >= 11 is 0. The highest BCUT2D eigenvalue weighted by molar-refractivity contribution is 7.84. The topological polar surface area (TPSA) is 83.5 Å². The van der Waals surface area contributed by atoms with Gasteiger partial charge in [0.25, 0.3) is 0 Å². The average Bonchev–Trinajstić information content (AvgIpc) is 1.60. The molecule has 6 heteroatoms. The first-order chi connectivity index (χ1) is 4.33. The zero-order valence-corrected chi connectivity index (χ0v) is 6.47. The number of carbonyl (C=O) groups excluding carboxylic acids is 1. The highest BCUT2D eigenvalue weighted by Gasteiger charge is 2.12. The van der Waals surface area contributed by atoms with Crippen molar-refractivity contribution in [3.63, 3.8) is 0 Å². The van der Waals surface area contributed by atoms with E-state index in [-0.39, 0.29) is 0 Å². The van der Waals surface area contributed by atoms with Crippen LogP contribution in [0.25, 0.3) is 0 Å². The number of carbonyl (C=O) groups is 1. The van der Waals surface area contributed by atoms with Crippen LogP contribution in [0.1, 0.15) is 13.8 Å². The largest absolute Gasteiger partial charge is 0.359 e. The molecule has 5 nitrogen and oxygen atoms in total. The molecule has 1 amide bonds. The summed E-state index contributed by atoms with van der Waals surface area (Å²) in [6.45, 7) is 3.03. The van der Waals surface area contributed by atoms with E-state index in [1.165, 1.54) is 18.6 Å². The molecule has 0 aromatic carbocycles. The van der Waals surface area contributed by atoms with Gasteiger partial charge in [-0.3, -0.25) is 9.35 Å². The fourth-order valence-corrected chi connectivity index (χ4v) is 0.735. The van der Waals surface area contributed by atoms with E-state index in [0.29, 0.717) is 0 Å². The summed E-state index contributed by atoms with van der Waals surface area (Å²) in [7, 11) is -4.37. The molecule has 0 heterocycles. The van der Waals surface area contributed by atoms with E-state index in [0.717, 1.165) is 0 Å². The Morgan fingerprint density at radius 3 is 2.00 bits per heavy atom. The second-order valence-electron chi connectivity index (χ2n) is 2.10. The van der Waals surface area contributed by atoms with E-state index in [9.17, 15) is 13.2 Å². The van der Waals surface area contributed by atoms with E-state index in [2.05, 4.69) is 0 Å². The van der Waals surface area contributed by atoms with E-state index in [1.807, 2.05) is 0 Å². The van der Waals surface area contributed by atoms with Crippen molar-refractivity contribution < 1.29 is 17.8 Å². The van der Waals surface area contributed by atoms with Gasteiger partial charge < -0.3 is 0 Å². The Kier molecular flexibility index (Phi) is 2.79. The maximum Gasteiger partial charge on any atom is 0.359 e.